The number of carbonyl (C=O) groups excluding carboxylic acids is 1. The van der Waals surface area contributed by atoms with Crippen molar-refractivity contribution in [3.8, 4) is 0 Å². The van der Waals surface area contributed by atoms with Crippen molar-refractivity contribution in [3.63, 3.8) is 0 Å². The zero-order valence-corrected chi connectivity index (χ0v) is 9.94. The number of nitrogens with two attached hydrogens (primary N) is 1. The van der Waals surface area contributed by atoms with Gasteiger partial charge in [-0.3, -0.25) is 4.79 Å². The third-order valence-electron chi connectivity index (χ3n) is 2.09. The van der Waals surface area contributed by atoms with Gasteiger partial charge in [0, 0.05) is 5.54 Å². The Hall–Kier alpha value is -1.10. The molecule has 5 heteroatoms. The van der Waals surface area contributed by atoms with E-state index in [0.29, 0.717) is 0 Å². The Morgan fingerprint density at radius 3 is 1.87 bits per heavy atom. The number of nitrogens with zero attached hydrogens (tertiary/aromatic N) is 1. The fraction of sp³-hybridized carbons (Fsp3) is 0.800. The van der Waals surface area contributed by atoms with E-state index in [1.807, 2.05) is 0 Å². The lowest BCUT2D eigenvalue weighted by Gasteiger charge is -2.39. The van der Waals surface area contributed by atoms with Crippen LogP contribution in [-0.4, -0.2) is 39.5 Å². The molecule has 0 aromatic carbocycles. The van der Waals surface area contributed by atoms with Crippen LogP contribution >= 0.6 is 0 Å². The fourth-order valence-electron chi connectivity index (χ4n) is 1.43. The summed E-state index contributed by atoms with van der Waals surface area (Å²) in [5.41, 5.74) is 4.93. The number of rotatable bonds is 3. The highest BCUT2D eigenvalue weighted by Gasteiger charge is 2.35. The highest BCUT2D eigenvalue weighted by atomic mass is 16.4. The van der Waals surface area contributed by atoms with Gasteiger partial charge in [0.05, 0.1) is 6.04 Å². The van der Waals surface area contributed by atoms with E-state index < -0.39 is 23.6 Å². The van der Waals surface area contributed by atoms with Crippen LogP contribution in [0.1, 0.15) is 34.6 Å². The monoisotopic (exact) mass is 216 g/mol. The second-order valence-corrected chi connectivity index (χ2v) is 4.68. The maximum atomic E-state index is 11.8. The average Bonchev–Trinajstić information content (AvgIpc) is 2.01. The summed E-state index contributed by atoms with van der Waals surface area (Å²) in [4.78, 5) is 24.0. The minimum atomic E-state index is -1.03. The first-order chi connectivity index (χ1) is 6.59. The summed E-state index contributed by atoms with van der Waals surface area (Å²) >= 11 is 0. The van der Waals surface area contributed by atoms with E-state index in [4.69, 9.17) is 10.8 Å². The van der Waals surface area contributed by atoms with Crippen LogP contribution in [0.2, 0.25) is 0 Å². The molecule has 1 amide bonds. The molecule has 0 rings (SSSR count). The summed E-state index contributed by atoms with van der Waals surface area (Å²) in [5, 5.41) is 8.91. The van der Waals surface area contributed by atoms with Crippen LogP contribution in [-0.2, 0) is 9.59 Å². The minimum absolute atomic E-state index is 0.350. The Morgan fingerprint density at radius 2 is 1.67 bits per heavy atom. The molecule has 15 heavy (non-hydrogen) atoms. The molecule has 0 aromatic heterocycles. The van der Waals surface area contributed by atoms with E-state index in [1.165, 1.54) is 11.8 Å². The Kier molecular flexibility index (Phi) is 4.27. The molecule has 88 valence electrons. The van der Waals surface area contributed by atoms with Gasteiger partial charge in [-0.05, 0) is 34.6 Å². The van der Waals surface area contributed by atoms with Crippen molar-refractivity contribution in [2.45, 2.75) is 52.2 Å². The predicted octanol–water partition coefficient (Wildman–Crippen LogP) is 0.434. The van der Waals surface area contributed by atoms with Crippen LogP contribution in [0.25, 0.3) is 0 Å². The molecule has 0 saturated carbocycles. The van der Waals surface area contributed by atoms with Crippen molar-refractivity contribution in [3.05, 3.63) is 0 Å². The lowest BCUT2D eigenvalue weighted by atomic mass is 10.0. The lowest BCUT2D eigenvalue weighted by molar-refractivity contribution is -0.154. The third kappa shape index (κ3) is 3.51. The topological polar surface area (TPSA) is 83.6 Å². The number of amides is 1. The first-order valence-electron chi connectivity index (χ1n) is 4.90. The maximum absolute atomic E-state index is 11.8. The molecule has 0 fully saturated rings. The van der Waals surface area contributed by atoms with Gasteiger partial charge in [-0.15, -0.1) is 0 Å². The summed E-state index contributed by atoms with van der Waals surface area (Å²) in [7, 11) is 0. The normalized spacial score (nSPS) is 15.6. The van der Waals surface area contributed by atoms with Crippen molar-refractivity contribution in [1.82, 2.24) is 4.90 Å². The zero-order valence-electron chi connectivity index (χ0n) is 9.94. The van der Waals surface area contributed by atoms with Gasteiger partial charge in [-0.2, -0.15) is 0 Å². The number of aliphatic carboxylic acids is 1. The highest BCUT2D eigenvalue weighted by molar-refractivity contribution is 5.87. The molecule has 3 N–H and O–H groups in total. The van der Waals surface area contributed by atoms with Crippen LogP contribution in [0.4, 0.5) is 0 Å². The zero-order chi connectivity index (χ0) is 12.4. The van der Waals surface area contributed by atoms with Gasteiger partial charge in [0.25, 0.3) is 0 Å². The van der Waals surface area contributed by atoms with Gasteiger partial charge in [0.1, 0.15) is 6.04 Å². The Labute approximate surface area is 90.2 Å². The lowest BCUT2D eigenvalue weighted by Crippen LogP contribution is -2.57. The molecule has 2 atom stereocenters. The SMILES string of the molecule is C[C@H](N)C(=O)N([C@@H](C)C(=O)O)C(C)(C)C. The van der Waals surface area contributed by atoms with Crippen molar-refractivity contribution in [1.29, 1.82) is 0 Å². The molecule has 0 unspecified atom stereocenters. The molecule has 5 nitrogen and oxygen atoms in total. The largest absolute Gasteiger partial charge is 0.480 e. The van der Waals surface area contributed by atoms with Crippen molar-refractivity contribution < 1.29 is 14.7 Å². The van der Waals surface area contributed by atoms with E-state index in [0.717, 1.165) is 0 Å². The number of carboxylic acids is 1. The molecule has 0 radical (unpaired) electrons. The second kappa shape index (κ2) is 4.61. The number of carbonyl (C=O) groups is 2. The van der Waals surface area contributed by atoms with Crippen LogP contribution in [0.15, 0.2) is 0 Å². The molecule has 0 aliphatic carbocycles. The van der Waals surface area contributed by atoms with E-state index in [2.05, 4.69) is 0 Å². The number of carboxylic acid groups (broad SMARTS) is 1. The molecule has 0 heterocycles. The van der Waals surface area contributed by atoms with E-state index >= 15 is 0 Å². The predicted molar refractivity (Wildman–Crippen MR) is 57.3 cm³/mol. The van der Waals surface area contributed by atoms with Gasteiger partial charge < -0.3 is 15.7 Å². The Balaban J connectivity index is 5.08. The molecular weight excluding hydrogens is 196 g/mol. The molecule has 0 saturated heterocycles. The fourth-order valence-corrected chi connectivity index (χ4v) is 1.43. The van der Waals surface area contributed by atoms with Gasteiger partial charge >= 0.3 is 5.97 Å². The van der Waals surface area contributed by atoms with Crippen molar-refractivity contribution >= 4 is 11.9 Å². The summed E-state index contributed by atoms with van der Waals surface area (Å²) in [6, 6.07) is -1.56. The first kappa shape index (κ1) is 13.9. The second-order valence-electron chi connectivity index (χ2n) is 4.68. The Bertz CT molecular complexity index is 256. The van der Waals surface area contributed by atoms with Crippen LogP contribution in [0.3, 0.4) is 0 Å². The molecular formula is C10H20N2O3. The van der Waals surface area contributed by atoms with Crippen LogP contribution in [0, 0.1) is 0 Å². The standard InChI is InChI=1S/C10H20N2O3/c1-6(11)8(13)12(10(3,4)5)7(2)9(14)15/h6-7H,11H2,1-5H3,(H,14,15)/t6-,7-/m0/s1. The summed E-state index contributed by atoms with van der Waals surface area (Å²) < 4.78 is 0. The maximum Gasteiger partial charge on any atom is 0.326 e. The summed E-state index contributed by atoms with van der Waals surface area (Å²) in [6.45, 7) is 8.38. The quantitative estimate of drug-likeness (QED) is 0.716. The molecule has 0 aliphatic heterocycles. The Morgan fingerprint density at radius 1 is 1.27 bits per heavy atom. The van der Waals surface area contributed by atoms with Gasteiger partial charge in [0.15, 0.2) is 0 Å². The molecule has 0 bridgehead atoms. The highest BCUT2D eigenvalue weighted by Crippen LogP contribution is 2.18. The van der Waals surface area contributed by atoms with Crippen molar-refractivity contribution in [2.75, 3.05) is 0 Å². The molecule has 0 spiro atoms. The van der Waals surface area contributed by atoms with E-state index in [9.17, 15) is 9.59 Å². The van der Waals surface area contributed by atoms with Gasteiger partial charge in [-0.25, -0.2) is 4.79 Å². The third-order valence-corrected chi connectivity index (χ3v) is 2.09. The average molecular weight is 216 g/mol. The number of hydrogen-bond donors (Lipinski definition) is 2. The molecule has 0 aromatic rings. The molecule has 0 aliphatic rings. The minimum Gasteiger partial charge on any atom is -0.480 e. The number of hydrogen-bond acceptors (Lipinski definition) is 3. The summed E-state index contributed by atoms with van der Waals surface area (Å²) in [5.74, 6) is -1.38. The van der Waals surface area contributed by atoms with Crippen LogP contribution < -0.4 is 5.73 Å². The van der Waals surface area contributed by atoms with Crippen molar-refractivity contribution in [2.24, 2.45) is 5.73 Å². The van der Waals surface area contributed by atoms with Gasteiger partial charge in [-0.1, -0.05) is 0 Å². The smallest absolute Gasteiger partial charge is 0.326 e. The van der Waals surface area contributed by atoms with E-state index in [-0.39, 0.29) is 5.91 Å². The van der Waals surface area contributed by atoms with Gasteiger partial charge in [0.2, 0.25) is 5.91 Å². The summed E-state index contributed by atoms with van der Waals surface area (Å²) in [6.07, 6.45) is 0. The first-order valence-corrected chi connectivity index (χ1v) is 4.90. The van der Waals surface area contributed by atoms with Crippen LogP contribution in [0.5, 0.6) is 0 Å². The van der Waals surface area contributed by atoms with E-state index in [1.54, 1.807) is 27.7 Å².